The predicted octanol–water partition coefficient (Wildman–Crippen LogP) is 7.67. The van der Waals surface area contributed by atoms with E-state index in [1.807, 2.05) is 37.4 Å². The molecule has 0 atom stereocenters. The van der Waals surface area contributed by atoms with Crippen LogP contribution in [0, 0.1) is 20.8 Å². The molecule has 0 aliphatic carbocycles. The molecular formula is C28H30Cl2N2O5S2. The third-order valence-electron chi connectivity index (χ3n) is 5.70. The summed E-state index contributed by atoms with van der Waals surface area (Å²) in [5.41, 5.74) is 4.17. The average Bonchev–Trinajstić information content (AvgIpc) is 2.84. The van der Waals surface area contributed by atoms with Crippen molar-refractivity contribution in [2.45, 2.75) is 56.2 Å². The van der Waals surface area contributed by atoms with Crippen molar-refractivity contribution in [1.29, 1.82) is 0 Å². The second-order valence-corrected chi connectivity index (χ2v) is 12.1. The van der Waals surface area contributed by atoms with Crippen LogP contribution in [-0.2, 0) is 21.3 Å². The van der Waals surface area contributed by atoms with Crippen LogP contribution in [0.5, 0.6) is 5.75 Å². The smallest absolute Gasteiger partial charge is 0.295 e. The zero-order valence-electron chi connectivity index (χ0n) is 21.8. The molecule has 4 rings (SSSR count). The molecule has 0 fully saturated rings. The summed E-state index contributed by atoms with van der Waals surface area (Å²) in [6.45, 7) is 5.84. The van der Waals surface area contributed by atoms with Crippen LogP contribution in [0.15, 0.2) is 62.7 Å². The number of aryl methyl sites for hydroxylation is 4. The first-order valence-corrected chi connectivity index (χ1v) is 15.2. The van der Waals surface area contributed by atoms with Crippen LogP contribution in [0.25, 0.3) is 0 Å². The molecule has 39 heavy (non-hydrogen) atoms. The van der Waals surface area contributed by atoms with Gasteiger partial charge in [0.15, 0.2) is 0 Å². The van der Waals surface area contributed by atoms with E-state index in [2.05, 4.69) is 9.71 Å². The third-order valence-corrected chi connectivity index (χ3v) is 8.32. The van der Waals surface area contributed by atoms with Crippen LogP contribution in [0.1, 0.15) is 41.5 Å². The minimum atomic E-state index is -4.08. The molecule has 0 saturated heterocycles. The fourth-order valence-corrected chi connectivity index (χ4v) is 5.97. The molecule has 0 radical (unpaired) electrons. The topological polar surface area (TPSA) is 105 Å². The number of fused-ring (bicyclic) bond motifs is 1. The Hall–Kier alpha value is -2.56. The maximum atomic E-state index is 11.4. The second-order valence-electron chi connectivity index (χ2n) is 9.02. The second kappa shape index (κ2) is 14.2. The molecule has 1 aliphatic rings. The summed E-state index contributed by atoms with van der Waals surface area (Å²) in [6, 6.07) is 14.7. The Labute approximate surface area is 243 Å². The largest absolute Gasteiger partial charge is 0.494 e. The fraction of sp³-hybridized carbons (Fsp3) is 0.286. The van der Waals surface area contributed by atoms with Gasteiger partial charge < -0.3 is 10.1 Å². The number of nitrogens with one attached hydrogen (secondary N) is 1. The maximum Gasteiger partial charge on any atom is 0.295 e. The molecule has 3 aromatic rings. The molecule has 0 saturated carbocycles. The number of benzene rings is 3. The van der Waals surface area contributed by atoms with Crippen molar-refractivity contribution in [3.8, 4) is 5.75 Å². The number of nitrogens with zero attached hydrogens (tertiary/aromatic N) is 1. The fourth-order valence-electron chi connectivity index (χ4n) is 4.07. The first-order chi connectivity index (χ1) is 18.4. The minimum absolute atomic E-state index is 0.0260. The molecule has 7 nitrogen and oxygen atoms in total. The van der Waals surface area contributed by atoms with Crippen molar-refractivity contribution in [2.75, 3.05) is 11.9 Å². The van der Waals surface area contributed by atoms with Gasteiger partial charge in [-0.15, -0.1) is 0 Å². The van der Waals surface area contributed by atoms with Crippen LogP contribution in [0.2, 0.25) is 10.0 Å². The van der Waals surface area contributed by atoms with Crippen LogP contribution in [-0.4, -0.2) is 31.7 Å². The minimum Gasteiger partial charge on any atom is -0.494 e. The molecule has 3 aromatic carbocycles. The van der Waals surface area contributed by atoms with Crippen molar-refractivity contribution < 1.29 is 22.5 Å². The van der Waals surface area contributed by atoms with E-state index in [4.69, 9.17) is 32.5 Å². The number of ether oxygens (including phenoxy) is 1. The molecule has 1 heterocycles. The number of carbonyl (C=O) groups excluding carboxylic acids is 1. The van der Waals surface area contributed by atoms with Gasteiger partial charge in [0.25, 0.3) is 10.1 Å². The number of carbonyl (C=O) groups is 1. The quantitative estimate of drug-likeness (QED) is 0.118. The SMILES string of the molecule is Cc1cc(C)c(S(=O)(=O)O)c(C)c1.O=C1CCc2cc(OCCCC=NSc3ccc(Cl)c(Cl)c3)ccc2N1. The monoisotopic (exact) mass is 608 g/mol. The third kappa shape index (κ3) is 9.54. The van der Waals surface area contributed by atoms with E-state index in [-0.39, 0.29) is 10.8 Å². The molecule has 0 spiro atoms. The van der Waals surface area contributed by atoms with Gasteiger partial charge in [-0.25, -0.2) is 4.40 Å². The van der Waals surface area contributed by atoms with Crippen LogP contribution in [0.4, 0.5) is 5.69 Å². The summed E-state index contributed by atoms with van der Waals surface area (Å²) in [5.74, 6) is 0.909. The summed E-state index contributed by atoms with van der Waals surface area (Å²) in [6.07, 6.45) is 4.87. The standard InChI is InChI=1S/C19H18Cl2N2O2S.C9H12O3S/c20-16-6-5-15(12-17(16)21)26-22-9-1-2-10-25-14-4-7-18-13(11-14)3-8-19(24)23-18;1-6-4-7(2)9(8(3)5-6)13(10,11)12/h4-7,9,11-12H,1-3,8,10H2,(H,23,24);4-5H,1-3H3,(H,10,11,12). The lowest BCUT2D eigenvalue weighted by Crippen LogP contribution is -2.18. The number of halogens is 2. The lowest BCUT2D eigenvalue weighted by molar-refractivity contribution is -0.116. The molecule has 1 amide bonds. The van der Waals surface area contributed by atoms with Gasteiger partial charge in [0.1, 0.15) is 5.75 Å². The lowest BCUT2D eigenvalue weighted by atomic mass is 10.0. The predicted molar refractivity (Wildman–Crippen MR) is 159 cm³/mol. The summed E-state index contributed by atoms with van der Waals surface area (Å²) in [4.78, 5) is 12.3. The summed E-state index contributed by atoms with van der Waals surface area (Å²) >= 11 is 13.2. The van der Waals surface area contributed by atoms with Gasteiger partial charge in [0.05, 0.1) is 21.5 Å². The van der Waals surface area contributed by atoms with E-state index in [9.17, 15) is 13.2 Å². The van der Waals surface area contributed by atoms with E-state index in [1.54, 1.807) is 38.1 Å². The Balaban J connectivity index is 0.000000272. The van der Waals surface area contributed by atoms with Gasteiger partial charge in [0, 0.05) is 35.2 Å². The zero-order chi connectivity index (χ0) is 28.6. The highest BCUT2D eigenvalue weighted by atomic mass is 35.5. The average molecular weight is 610 g/mol. The number of amides is 1. The Bertz CT molecular complexity index is 1450. The molecule has 0 unspecified atom stereocenters. The Morgan fingerprint density at radius 3 is 2.41 bits per heavy atom. The van der Waals surface area contributed by atoms with Crippen molar-refractivity contribution in [3.63, 3.8) is 0 Å². The number of anilines is 1. The van der Waals surface area contributed by atoms with E-state index in [0.29, 0.717) is 34.2 Å². The highest BCUT2D eigenvalue weighted by Gasteiger charge is 2.16. The van der Waals surface area contributed by atoms with Gasteiger partial charge in [-0.2, -0.15) is 8.42 Å². The zero-order valence-corrected chi connectivity index (χ0v) is 25.0. The molecule has 0 aromatic heterocycles. The number of hydrogen-bond donors (Lipinski definition) is 2. The van der Waals surface area contributed by atoms with Gasteiger partial charge in [-0.05, 0) is 93.1 Å². The molecular weight excluding hydrogens is 579 g/mol. The van der Waals surface area contributed by atoms with Crippen molar-refractivity contribution in [3.05, 3.63) is 80.8 Å². The van der Waals surface area contributed by atoms with Crippen molar-refractivity contribution in [1.82, 2.24) is 0 Å². The van der Waals surface area contributed by atoms with Gasteiger partial charge >= 0.3 is 0 Å². The highest BCUT2D eigenvalue weighted by molar-refractivity contribution is 7.98. The summed E-state index contributed by atoms with van der Waals surface area (Å²) in [7, 11) is -4.08. The van der Waals surface area contributed by atoms with Gasteiger partial charge in [0.2, 0.25) is 5.91 Å². The van der Waals surface area contributed by atoms with E-state index in [0.717, 1.165) is 46.7 Å². The first kappa shape index (κ1) is 31.0. The molecule has 11 heteroatoms. The van der Waals surface area contributed by atoms with Crippen LogP contribution < -0.4 is 10.1 Å². The maximum absolute atomic E-state index is 11.4. The molecule has 1 aliphatic heterocycles. The van der Waals surface area contributed by atoms with Crippen molar-refractivity contribution >= 4 is 63.1 Å². The van der Waals surface area contributed by atoms with Gasteiger partial charge in [-0.1, -0.05) is 40.9 Å². The highest BCUT2D eigenvalue weighted by Crippen LogP contribution is 2.29. The van der Waals surface area contributed by atoms with Crippen LogP contribution in [0.3, 0.4) is 0 Å². The van der Waals surface area contributed by atoms with E-state index >= 15 is 0 Å². The lowest BCUT2D eigenvalue weighted by Gasteiger charge is -2.17. The molecule has 0 bridgehead atoms. The molecule has 2 N–H and O–H groups in total. The van der Waals surface area contributed by atoms with E-state index in [1.165, 1.54) is 11.9 Å². The first-order valence-electron chi connectivity index (χ1n) is 12.2. The van der Waals surface area contributed by atoms with E-state index < -0.39 is 10.1 Å². The van der Waals surface area contributed by atoms with Crippen LogP contribution >= 0.6 is 35.1 Å². The summed E-state index contributed by atoms with van der Waals surface area (Å²) < 4.78 is 40.9. The Morgan fingerprint density at radius 2 is 1.74 bits per heavy atom. The normalized spacial score (nSPS) is 12.9. The Morgan fingerprint density at radius 1 is 1.03 bits per heavy atom. The number of rotatable bonds is 8. The Kier molecular flexibility index (Phi) is 11.3. The summed E-state index contributed by atoms with van der Waals surface area (Å²) in [5, 5.41) is 3.94. The van der Waals surface area contributed by atoms with Crippen molar-refractivity contribution in [2.24, 2.45) is 4.40 Å². The van der Waals surface area contributed by atoms with Gasteiger partial charge in [-0.3, -0.25) is 9.35 Å². The number of unbranched alkanes of at least 4 members (excludes halogenated alkanes) is 1. The molecule has 208 valence electrons. The number of hydrogen-bond acceptors (Lipinski definition) is 6.